The first kappa shape index (κ1) is 15.0. The van der Waals surface area contributed by atoms with Gasteiger partial charge in [-0.05, 0) is 78.4 Å². The van der Waals surface area contributed by atoms with Gasteiger partial charge in [-0.15, -0.1) is 0 Å². The minimum Gasteiger partial charge on any atom is -0.321 e. The molecule has 0 spiro atoms. The fraction of sp³-hybridized carbons (Fsp3) is 0.105. The average molecular weight is 400 g/mol. The second kappa shape index (κ2) is 6.48. The van der Waals surface area contributed by atoms with E-state index in [1.165, 1.54) is 20.5 Å². The van der Waals surface area contributed by atoms with Crippen LogP contribution in [0.4, 0.5) is 5.69 Å². The molecule has 0 aliphatic carbocycles. The predicted octanol–water partition coefficient (Wildman–Crippen LogP) is 5.45. The molecule has 3 aromatic rings. The SMILES string of the molecule is Cc1cc(N=Cc2cc(C)n(-c3ccccc3)c2)ccc1I. The third-order valence-corrected chi connectivity index (χ3v) is 4.78. The van der Waals surface area contributed by atoms with E-state index in [1.807, 2.05) is 18.3 Å². The molecule has 22 heavy (non-hydrogen) atoms. The van der Waals surface area contributed by atoms with Gasteiger partial charge in [0.05, 0.1) is 5.69 Å². The van der Waals surface area contributed by atoms with Gasteiger partial charge in [0.2, 0.25) is 0 Å². The molecule has 0 saturated heterocycles. The van der Waals surface area contributed by atoms with Crippen molar-refractivity contribution in [1.29, 1.82) is 0 Å². The molecule has 0 unspecified atom stereocenters. The zero-order chi connectivity index (χ0) is 15.5. The summed E-state index contributed by atoms with van der Waals surface area (Å²) in [5.41, 5.74) is 5.73. The number of benzene rings is 2. The van der Waals surface area contributed by atoms with Crippen molar-refractivity contribution in [1.82, 2.24) is 4.57 Å². The van der Waals surface area contributed by atoms with Crippen LogP contribution < -0.4 is 0 Å². The van der Waals surface area contributed by atoms with E-state index in [0.717, 1.165) is 11.3 Å². The Morgan fingerprint density at radius 2 is 1.77 bits per heavy atom. The second-order valence-electron chi connectivity index (χ2n) is 5.31. The Balaban J connectivity index is 1.87. The van der Waals surface area contributed by atoms with Gasteiger partial charge in [0.1, 0.15) is 0 Å². The van der Waals surface area contributed by atoms with E-state index in [9.17, 15) is 0 Å². The summed E-state index contributed by atoms with van der Waals surface area (Å²) in [5.74, 6) is 0. The molecule has 3 heteroatoms. The van der Waals surface area contributed by atoms with Crippen molar-refractivity contribution < 1.29 is 0 Å². The number of rotatable bonds is 3. The Bertz CT molecular complexity index is 817. The normalized spacial score (nSPS) is 11.2. The summed E-state index contributed by atoms with van der Waals surface area (Å²) in [6, 6.07) is 18.8. The van der Waals surface area contributed by atoms with Gasteiger partial charge in [0.15, 0.2) is 0 Å². The van der Waals surface area contributed by atoms with Gasteiger partial charge in [-0.25, -0.2) is 0 Å². The zero-order valence-corrected chi connectivity index (χ0v) is 14.8. The Morgan fingerprint density at radius 1 is 1.00 bits per heavy atom. The highest BCUT2D eigenvalue weighted by atomic mass is 127. The minimum atomic E-state index is 0.989. The largest absolute Gasteiger partial charge is 0.321 e. The molecule has 1 heterocycles. The molecule has 2 aromatic carbocycles. The average Bonchev–Trinajstić information content (AvgIpc) is 2.90. The first-order chi connectivity index (χ1) is 10.6. The monoisotopic (exact) mass is 400 g/mol. The first-order valence-electron chi connectivity index (χ1n) is 7.18. The Kier molecular flexibility index (Phi) is 4.43. The molecule has 3 rings (SSSR count). The maximum Gasteiger partial charge on any atom is 0.0633 e. The van der Waals surface area contributed by atoms with E-state index in [1.54, 1.807) is 0 Å². The van der Waals surface area contributed by atoms with Gasteiger partial charge >= 0.3 is 0 Å². The maximum absolute atomic E-state index is 4.58. The molecule has 2 nitrogen and oxygen atoms in total. The molecule has 0 N–H and O–H groups in total. The summed E-state index contributed by atoms with van der Waals surface area (Å²) in [7, 11) is 0. The van der Waals surface area contributed by atoms with Crippen LogP contribution in [0, 0.1) is 17.4 Å². The topological polar surface area (TPSA) is 17.3 Å². The van der Waals surface area contributed by atoms with E-state index in [2.05, 4.69) is 94.7 Å². The molecule has 0 saturated carbocycles. The molecule has 0 fully saturated rings. The van der Waals surface area contributed by atoms with Gasteiger partial charge in [0, 0.05) is 32.9 Å². The Labute approximate surface area is 144 Å². The molecule has 110 valence electrons. The van der Waals surface area contributed by atoms with Crippen LogP contribution >= 0.6 is 22.6 Å². The van der Waals surface area contributed by atoms with Crippen LogP contribution in [0.25, 0.3) is 5.69 Å². The van der Waals surface area contributed by atoms with E-state index in [0.29, 0.717) is 0 Å². The number of nitrogens with zero attached hydrogens (tertiary/aromatic N) is 2. The van der Waals surface area contributed by atoms with Crippen LogP contribution in [0.3, 0.4) is 0 Å². The van der Waals surface area contributed by atoms with Crippen LogP contribution in [0.1, 0.15) is 16.8 Å². The van der Waals surface area contributed by atoms with E-state index in [4.69, 9.17) is 0 Å². The number of aromatic nitrogens is 1. The molecule has 1 aromatic heterocycles. The summed E-state index contributed by atoms with van der Waals surface area (Å²) < 4.78 is 3.45. The second-order valence-corrected chi connectivity index (χ2v) is 6.47. The van der Waals surface area contributed by atoms with E-state index >= 15 is 0 Å². The van der Waals surface area contributed by atoms with Crippen LogP contribution in [-0.2, 0) is 0 Å². The lowest BCUT2D eigenvalue weighted by Crippen LogP contribution is -1.93. The lowest BCUT2D eigenvalue weighted by atomic mass is 10.2. The van der Waals surface area contributed by atoms with E-state index < -0.39 is 0 Å². The highest BCUT2D eigenvalue weighted by Gasteiger charge is 2.02. The van der Waals surface area contributed by atoms with Crippen LogP contribution in [0.5, 0.6) is 0 Å². The fourth-order valence-corrected chi connectivity index (χ4v) is 2.73. The van der Waals surface area contributed by atoms with Crippen molar-refractivity contribution >= 4 is 34.5 Å². The number of aryl methyl sites for hydroxylation is 2. The molecule has 0 aliphatic rings. The Morgan fingerprint density at radius 3 is 2.50 bits per heavy atom. The summed E-state index contributed by atoms with van der Waals surface area (Å²) in [6.07, 6.45) is 4.04. The zero-order valence-electron chi connectivity index (χ0n) is 12.6. The van der Waals surface area contributed by atoms with Crippen LogP contribution in [0.15, 0.2) is 65.8 Å². The molecule has 0 amide bonds. The third-order valence-electron chi connectivity index (χ3n) is 3.57. The van der Waals surface area contributed by atoms with Crippen LogP contribution in [-0.4, -0.2) is 10.8 Å². The standard InChI is InChI=1S/C19H17IN2/c1-14-10-17(8-9-19(14)20)21-12-16-11-15(2)22(13-16)18-6-4-3-5-7-18/h3-13H,1-2H3. The highest BCUT2D eigenvalue weighted by molar-refractivity contribution is 14.1. The molecule has 0 bridgehead atoms. The lowest BCUT2D eigenvalue weighted by molar-refractivity contribution is 1.02. The smallest absolute Gasteiger partial charge is 0.0633 e. The van der Waals surface area contributed by atoms with Gasteiger partial charge in [0.25, 0.3) is 0 Å². The van der Waals surface area contributed by atoms with Gasteiger partial charge in [-0.3, -0.25) is 4.99 Å². The summed E-state index contributed by atoms with van der Waals surface area (Å²) >= 11 is 2.34. The summed E-state index contributed by atoms with van der Waals surface area (Å²) in [4.78, 5) is 4.58. The van der Waals surface area contributed by atoms with E-state index in [-0.39, 0.29) is 0 Å². The molecule has 0 aliphatic heterocycles. The molecule has 0 radical (unpaired) electrons. The fourth-order valence-electron chi connectivity index (χ4n) is 2.39. The Hall–Kier alpha value is -1.88. The first-order valence-corrected chi connectivity index (χ1v) is 8.26. The van der Waals surface area contributed by atoms with Crippen LogP contribution in [0.2, 0.25) is 0 Å². The number of halogens is 1. The number of hydrogen-bond donors (Lipinski definition) is 0. The van der Waals surface area contributed by atoms with Gasteiger partial charge < -0.3 is 4.57 Å². The number of hydrogen-bond acceptors (Lipinski definition) is 1. The molecule has 0 atom stereocenters. The summed E-state index contributed by atoms with van der Waals surface area (Å²) in [6.45, 7) is 4.22. The van der Waals surface area contributed by atoms with Crippen molar-refractivity contribution in [3.8, 4) is 5.69 Å². The van der Waals surface area contributed by atoms with Crippen molar-refractivity contribution in [2.45, 2.75) is 13.8 Å². The van der Waals surface area contributed by atoms with Gasteiger partial charge in [-0.1, -0.05) is 18.2 Å². The van der Waals surface area contributed by atoms with Crippen molar-refractivity contribution in [2.75, 3.05) is 0 Å². The number of para-hydroxylation sites is 1. The van der Waals surface area contributed by atoms with Crippen molar-refractivity contribution in [3.63, 3.8) is 0 Å². The predicted molar refractivity (Wildman–Crippen MR) is 102 cm³/mol. The lowest BCUT2D eigenvalue weighted by Gasteiger charge is -2.04. The molecular weight excluding hydrogens is 383 g/mol. The third kappa shape index (κ3) is 3.30. The summed E-state index contributed by atoms with van der Waals surface area (Å²) in [5, 5.41) is 0. The maximum atomic E-state index is 4.58. The molecular formula is C19H17IN2. The van der Waals surface area contributed by atoms with Crippen molar-refractivity contribution in [3.05, 3.63) is 81.2 Å². The van der Waals surface area contributed by atoms with Crippen molar-refractivity contribution in [2.24, 2.45) is 4.99 Å². The minimum absolute atomic E-state index is 0.989. The number of aliphatic imine (C=N–C) groups is 1. The van der Waals surface area contributed by atoms with Gasteiger partial charge in [-0.2, -0.15) is 0 Å². The highest BCUT2D eigenvalue weighted by Crippen LogP contribution is 2.20. The quantitative estimate of drug-likeness (QED) is 0.411.